The number of hydrogen-bond acceptors (Lipinski definition) is 6. The number of aromatic nitrogens is 3. The van der Waals surface area contributed by atoms with Crippen molar-refractivity contribution in [3.8, 4) is 0 Å². The van der Waals surface area contributed by atoms with Crippen molar-refractivity contribution in [3.63, 3.8) is 0 Å². The molecule has 150 valence electrons. The number of fused-ring (bicyclic) bond motifs is 1. The third kappa shape index (κ3) is 3.91. The van der Waals surface area contributed by atoms with Crippen LogP contribution in [0.15, 0.2) is 36.7 Å². The number of nitrogens with zero attached hydrogens (tertiary/aromatic N) is 4. The molecule has 2 aromatic heterocycles. The van der Waals surface area contributed by atoms with E-state index in [0.29, 0.717) is 37.7 Å². The van der Waals surface area contributed by atoms with Crippen LogP contribution in [0.5, 0.6) is 0 Å². The number of esters is 1. The zero-order chi connectivity index (χ0) is 20.4. The highest BCUT2D eigenvalue weighted by molar-refractivity contribution is 5.96. The lowest BCUT2D eigenvalue weighted by atomic mass is 10.1. The minimum atomic E-state index is -0.491. The molecule has 1 fully saturated rings. The van der Waals surface area contributed by atoms with Crippen molar-refractivity contribution in [1.29, 1.82) is 0 Å². The number of H-pyrrole nitrogens is 1. The number of amides is 1. The van der Waals surface area contributed by atoms with Gasteiger partial charge in [0.2, 0.25) is 5.95 Å². The molecule has 3 aromatic rings. The van der Waals surface area contributed by atoms with Crippen LogP contribution in [0, 0.1) is 13.8 Å². The van der Waals surface area contributed by atoms with Gasteiger partial charge in [0.15, 0.2) is 6.61 Å². The zero-order valence-electron chi connectivity index (χ0n) is 16.5. The van der Waals surface area contributed by atoms with Crippen molar-refractivity contribution < 1.29 is 14.3 Å². The first kappa shape index (κ1) is 18.9. The van der Waals surface area contributed by atoms with Crippen molar-refractivity contribution in [2.75, 3.05) is 37.7 Å². The van der Waals surface area contributed by atoms with E-state index >= 15 is 0 Å². The second-order valence-corrected chi connectivity index (χ2v) is 7.13. The van der Waals surface area contributed by atoms with E-state index in [9.17, 15) is 9.59 Å². The summed E-state index contributed by atoms with van der Waals surface area (Å²) in [6.07, 6.45) is 3.40. The van der Waals surface area contributed by atoms with Crippen molar-refractivity contribution in [2.45, 2.75) is 13.8 Å². The SMILES string of the molecule is Cc1[nH]c2ccc(C(=O)OCC(=O)N3CCN(c4ncccn4)CC3)cc2c1C. The molecule has 29 heavy (non-hydrogen) atoms. The van der Waals surface area contributed by atoms with E-state index in [1.807, 2.05) is 24.8 Å². The monoisotopic (exact) mass is 393 g/mol. The number of nitrogens with one attached hydrogen (secondary N) is 1. The number of rotatable bonds is 4. The highest BCUT2D eigenvalue weighted by atomic mass is 16.5. The molecule has 0 bridgehead atoms. The fourth-order valence-corrected chi connectivity index (χ4v) is 3.50. The Balaban J connectivity index is 1.32. The molecular formula is C21H23N5O3. The Labute approximate surface area is 168 Å². The Morgan fingerprint density at radius 1 is 1.10 bits per heavy atom. The van der Waals surface area contributed by atoms with Gasteiger partial charge in [-0.2, -0.15) is 0 Å². The normalized spacial score (nSPS) is 14.3. The van der Waals surface area contributed by atoms with Gasteiger partial charge in [0, 0.05) is 55.2 Å². The average molecular weight is 393 g/mol. The summed E-state index contributed by atoms with van der Waals surface area (Å²) in [7, 11) is 0. The molecule has 0 unspecified atom stereocenters. The van der Waals surface area contributed by atoms with Gasteiger partial charge in [0.25, 0.3) is 5.91 Å². The molecule has 0 spiro atoms. The fourth-order valence-electron chi connectivity index (χ4n) is 3.50. The van der Waals surface area contributed by atoms with E-state index in [1.165, 1.54) is 0 Å². The van der Waals surface area contributed by atoms with Crippen molar-refractivity contribution in [1.82, 2.24) is 19.9 Å². The number of anilines is 1. The van der Waals surface area contributed by atoms with Crippen LogP contribution in [0.4, 0.5) is 5.95 Å². The van der Waals surface area contributed by atoms with Crippen LogP contribution in [0.3, 0.4) is 0 Å². The summed E-state index contributed by atoms with van der Waals surface area (Å²) in [5.74, 6) is -0.0201. The Kier molecular flexibility index (Phi) is 5.16. The molecule has 0 aliphatic carbocycles. The van der Waals surface area contributed by atoms with Gasteiger partial charge in [-0.1, -0.05) is 0 Å². The van der Waals surface area contributed by atoms with E-state index in [1.54, 1.807) is 35.5 Å². The molecule has 4 rings (SSSR count). The van der Waals surface area contributed by atoms with Crippen molar-refractivity contribution in [3.05, 3.63) is 53.5 Å². The van der Waals surface area contributed by atoms with Crippen LogP contribution in [0.25, 0.3) is 10.9 Å². The van der Waals surface area contributed by atoms with Gasteiger partial charge in [0.05, 0.1) is 5.56 Å². The topological polar surface area (TPSA) is 91.4 Å². The van der Waals surface area contributed by atoms with Gasteiger partial charge in [-0.05, 0) is 43.7 Å². The lowest BCUT2D eigenvalue weighted by Crippen LogP contribution is -2.50. The van der Waals surface area contributed by atoms with E-state index < -0.39 is 5.97 Å². The predicted molar refractivity (Wildman–Crippen MR) is 109 cm³/mol. The maximum atomic E-state index is 12.4. The summed E-state index contributed by atoms with van der Waals surface area (Å²) in [4.78, 5) is 40.3. The Morgan fingerprint density at radius 2 is 1.83 bits per heavy atom. The lowest BCUT2D eigenvalue weighted by molar-refractivity contribution is -0.134. The zero-order valence-corrected chi connectivity index (χ0v) is 16.5. The summed E-state index contributed by atoms with van der Waals surface area (Å²) >= 11 is 0. The predicted octanol–water partition coefficient (Wildman–Crippen LogP) is 2.08. The van der Waals surface area contributed by atoms with Gasteiger partial charge < -0.3 is 19.5 Å². The van der Waals surface area contributed by atoms with Crippen LogP contribution >= 0.6 is 0 Å². The largest absolute Gasteiger partial charge is 0.452 e. The number of ether oxygens (including phenoxy) is 1. The smallest absolute Gasteiger partial charge is 0.338 e. The molecule has 1 aliphatic heterocycles. The van der Waals surface area contributed by atoms with Crippen LogP contribution in [0.1, 0.15) is 21.6 Å². The second-order valence-electron chi connectivity index (χ2n) is 7.13. The number of carbonyl (C=O) groups excluding carboxylic acids is 2. The van der Waals surface area contributed by atoms with Crippen molar-refractivity contribution >= 4 is 28.7 Å². The molecule has 1 aromatic carbocycles. The number of benzene rings is 1. The molecule has 1 aliphatic rings. The molecule has 8 heteroatoms. The van der Waals surface area contributed by atoms with Gasteiger partial charge in [0.1, 0.15) is 0 Å². The molecule has 8 nitrogen and oxygen atoms in total. The maximum absolute atomic E-state index is 12.4. The number of carbonyl (C=O) groups is 2. The van der Waals surface area contributed by atoms with E-state index in [2.05, 4.69) is 15.0 Å². The number of hydrogen-bond donors (Lipinski definition) is 1. The Morgan fingerprint density at radius 3 is 2.55 bits per heavy atom. The van der Waals surface area contributed by atoms with Crippen LogP contribution in [-0.4, -0.2) is 64.5 Å². The first-order valence-electron chi connectivity index (χ1n) is 9.59. The third-order valence-electron chi connectivity index (χ3n) is 5.34. The second kappa shape index (κ2) is 7.90. The molecule has 3 heterocycles. The summed E-state index contributed by atoms with van der Waals surface area (Å²) in [5.41, 5.74) is 3.60. The van der Waals surface area contributed by atoms with E-state index in [-0.39, 0.29) is 12.5 Å². The summed E-state index contributed by atoms with van der Waals surface area (Å²) in [5, 5.41) is 0.988. The van der Waals surface area contributed by atoms with Gasteiger partial charge in [-0.25, -0.2) is 14.8 Å². The van der Waals surface area contributed by atoms with Crippen molar-refractivity contribution in [2.24, 2.45) is 0 Å². The van der Waals surface area contributed by atoms with Crippen LogP contribution < -0.4 is 4.90 Å². The average Bonchev–Trinajstić information content (AvgIpc) is 3.05. The van der Waals surface area contributed by atoms with Crippen LogP contribution in [0.2, 0.25) is 0 Å². The lowest BCUT2D eigenvalue weighted by Gasteiger charge is -2.34. The molecule has 0 atom stereocenters. The summed E-state index contributed by atoms with van der Waals surface area (Å²) in [6, 6.07) is 7.15. The molecule has 1 N–H and O–H groups in total. The fraction of sp³-hybridized carbons (Fsp3) is 0.333. The standard InChI is InChI=1S/C21H23N5O3/c1-14-15(2)24-18-5-4-16(12-17(14)18)20(28)29-13-19(27)25-8-10-26(11-9-25)21-22-6-3-7-23-21/h3-7,12,24H,8-11,13H2,1-2H3. The number of aryl methyl sites for hydroxylation is 2. The third-order valence-corrected chi connectivity index (χ3v) is 5.34. The van der Waals surface area contributed by atoms with E-state index in [0.717, 1.165) is 22.2 Å². The van der Waals surface area contributed by atoms with Gasteiger partial charge in [-0.3, -0.25) is 4.79 Å². The molecule has 1 saturated heterocycles. The maximum Gasteiger partial charge on any atom is 0.338 e. The number of piperazine rings is 1. The highest BCUT2D eigenvalue weighted by Gasteiger charge is 2.23. The molecule has 0 radical (unpaired) electrons. The molecule has 1 amide bonds. The molecular weight excluding hydrogens is 370 g/mol. The Hall–Kier alpha value is -3.42. The quantitative estimate of drug-likeness (QED) is 0.683. The molecule has 0 saturated carbocycles. The summed E-state index contributed by atoms with van der Waals surface area (Å²) in [6.45, 7) is 6.12. The first-order valence-corrected chi connectivity index (χ1v) is 9.59. The van der Waals surface area contributed by atoms with E-state index in [4.69, 9.17) is 4.74 Å². The number of aromatic amines is 1. The minimum Gasteiger partial charge on any atom is -0.452 e. The van der Waals surface area contributed by atoms with Gasteiger partial charge in [-0.15, -0.1) is 0 Å². The Bertz CT molecular complexity index is 1040. The first-order chi connectivity index (χ1) is 14.0. The highest BCUT2D eigenvalue weighted by Crippen LogP contribution is 2.22. The van der Waals surface area contributed by atoms with Crippen LogP contribution in [-0.2, 0) is 9.53 Å². The summed E-state index contributed by atoms with van der Waals surface area (Å²) < 4.78 is 5.27. The van der Waals surface area contributed by atoms with Gasteiger partial charge >= 0.3 is 5.97 Å². The minimum absolute atomic E-state index is 0.193.